The average Bonchev–Trinajstić information content (AvgIpc) is 3.73. The number of benzene rings is 1. The van der Waals surface area contributed by atoms with Crippen LogP contribution in [0.3, 0.4) is 0 Å². The molecule has 1 fully saturated rings. The quantitative estimate of drug-likeness (QED) is 0.143. The minimum Gasteiger partial charge on any atom is -0.547 e. The van der Waals surface area contributed by atoms with E-state index in [0.29, 0.717) is 30.1 Å². The summed E-state index contributed by atoms with van der Waals surface area (Å²) in [7, 11) is 2.76. The fourth-order valence-electron chi connectivity index (χ4n) is 7.06. The number of carbonyl (C=O) groups excluding carboxylic acids is 4. The molecule has 0 aromatic heterocycles. The van der Waals surface area contributed by atoms with Crippen LogP contribution in [0.1, 0.15) is 321 Å². The van der Waals surface area contributed by atoms with E-state index in [1.165, 1.54) is 7.11 Å². The van der Waals surface area contributed by atoms with Gasteiger partial charge in [-0.2, -0.15) is 0 Å². The van der Waals surface area contributed by atoms with Crippen LogP contribution in [0.25, 0.3) is 0 Å². The number of fused-ring (bicyclic) bond motifs is 3. The molecule has 536 valence electrons. The zero-order valence-electron chi connectivity index (χ0n) is 28.4. The molecule has 5 rings (SSSR count). The second-order valence-corrected chi connectivity index (χ2v) is 13.6. The number of ether oxygens (including phenoxy) is 5. The van der Waals surface area contributed by atoms with Crippen molar-refractivity contribution in [1.82, 2.24) is 4.90 Å². The number of ketones is 1. The van der Waals surface area contributed by atoms with Gasteiger partial charge in [-0.25, -0.2) is 4.79 Å². The number of aliphatic carboxylic acids is 1. The number of carboxylic acids is 1. The lowest BCUT2D eigenvalue weighted by Gasteiger charge is -2.39. The summed E-state index contributed by atoms with van der Waals surface area (Å²) in [6.07, 6.45) is -0.0699. The van der Waals surface area contributed by atoms with E-state index in [2.05, 4.69) is 11.0 Å². The Morgan fingerprint density at radius 2 is 1.05 bits per heavy atom. The molecule has 4 aliphatic rings. The van der Waals surface area contributed by atoms with E-state index in [1.807, 2.05) is 12.1 Å². The van der Waals surface area contributed by atoms with E-state index < -0.39 is 65.2 Å². The Kier molecular flexibility index (Phi) is 199. The summed E-state index contributed by atoms with van der Waals surface area (Å²) in [6.45, 7) is 6.18. The van der Waals surface area contributed by atoms with Crippen LogP contribution in [0, 0.1) is 0 Å². The molecule has 0 bridgehead atoms. The van der Waals surface area contributed by atoms with Gasteiger partial charge in [0, 0.05) is 6.54 Å². The maximum absolute atomic E-state index is 13.8. The van der Waals surface area contributed by atoms with Gasteiger partial charge in [-0.15, -0.1) is 0 Å². The van der Waals surface area contributed by atoms with Crippen LogP contribution in [-0.4, -0.2) is 118 Å². The van der Waals surface area contributed by atoms with E-state index in [9.17, 15) is 34.5 Å². The van der Waals surface area contributed by atoms with Crippen molar-refractivity contribution in [1.29, 1.82) is 0 Å². The molecule has 3 heterocycles. The Morgan fingerprint density at radius 1 is 0.646 bits per heavy atom. The van der Waals surface area contributed by atoms with E-state index in [1.54, 1.807) is 21.0 Å². The molecule has 1 aromatic carbocycles. The average molecular weight is 1220 g/mol. The molecule has 1 aromatic rings. The SMILES string of the molecule is C.C.C.C.C.C.C.C.C.C.C.C.C.C.C.C.C.C.C.C.C.C.C.C.C.C.C.C.C.C.C.C.C.CC(=O)[C@@H](O)[C@H](O)C(=O)[O-].COC(=O)C[C@@](O)(CCCC(C)(C)O)C(=O)O[C@@H]1C(OC)=C[C@]23CCCN2CCc2cc4c(cc2[C@H]13)OCO4. The minimum absolute atomic E-state index is 0. The fourth-order valence-corrected chi connectivity index (χ4v) is 7.06. The summed E-state index contributed by atoms with van der Waals surface area (Å²) in [6, 6.07) is 4.00. The normalized spacial score (nSPS) is 14.8. The van der Waals surface area contributed by atoms with Crippen LogP contribution in [0.4, 0.5) is 0 Å². The van der Waals surface area contributed by atoms with Crippen molar-refractivity contribution in [3.8, 4) is 11.5 Å². The number of Topliss-reactive ketones (excluding diaryl/α,β-unsaturated/α-hetero) is 1. The molecule has 1 spiro atoms. The third kappa shape index (κ3) is 44.7. The van der Waals surface area contributed by atoms with Gasteiger partial charge in [0.25, 0.3) is 0 Å². The molecule has 0 unspecified atom stereocenters. The van der Waals surface area contributed by atoms with E-state index in [0.717, 1.165) is 50.4 Å². The molecule has 1 aliphatic carbocycles. The first-order chi connectivity index (χ1) is 23.0. The van der Waals surface area contributed by atoms with Gasteiger partial charge in [-0.1, -0.05) is 245 Å². The van der Waals surface area contributed by atoms with E-state index in [4.69, 9.17) is 33.9 Å². The molecular weight excluding hydrogens is 1040 g/mol. The van der Waals surface area contributed by atoms with Crippen LogP contribution < -0.4 is 14.6 Å². The number of aliphatic hydroxyl groups excluding tert-OH is 2. The van der Waals surface area contributed by atoms with Crippen molar-refractivity contribution in [2.75, 3.05) is 34.1 Å². The predicted octanol–water partition coefficient (Wildman–Crippen LogP) is 20.6. The summed E-state index contributed by atoms with van der Waals surface area (Å²) in [5.74, 6) is -2.73. The highest BCUT2D eigenvalue weighted by Crippen LogP contribution is 2.55. The molecule has 1 saturated heterocycles. The van der Waals surface area contributed by atoms with Gasteiger partial charge in [0.05, 0.1) is 43.7 Å². The Labute approximate surface area is 527 Å². The maximum atomic E-state index is 13.8. The topological polar surface area (TPSA) is 222 Å². The Balaban J connectivity index is -0.0000000209. The van der Waals surface area contributed by atoms with Crippen LogP contribution in [0.15, 0.2) is 24.0 Å². The van der Waals surface area contributed by atoms with Crippen LogP contribution in [0.2, 0.25) is 0 Å². The monoisotopic (exact) mass is 1220 g/mol. The minimum atomic E-state index is -2.13. The molecular formula is C67H178NO14-. The Bertz CT molecular complexity index is 1450. The summed E-state index contributed by atoms with van der Waals surface area (Å²) >= 11 is 0. The molecule has 15 nitrogen and oxygen atoms in total. The largest absolute Gasteiger partial charge is 0.547 e. The molecule has 0 radical (unpaired) electrons. The third-order valence-electron chi connectivity index (χ3n) is 9.58. The number of nitrogens with zero attached hydrogens (tertiary/aromatic N) is 1. The summed E-state index contributed by atoms with van der Waals surface area (Å²) in [4.78, 5) is 48.4. The Morgan fingerprint density at radius 3 is 1.39 bits per heavy atom. The van der Waals surface area contributed by atoms with Crippen LogP contribution >= 0.6 is 0 Å². The highest BCUT2D eigenvalue weighted by molar-refractivity contribution is 5.87. The number of esters is 2. The van der Waals surface area contributed by atoms with Gasteiger partial charge in [0.1, 0.15) is 18.0 Å². The lowest BCUT2D eigenvalue weighted by atomic mass is 9.77. The number of hydrogen-bond acceptors (Lipinski definition) is 15. The Hall–Kier alpha value is -3.76. The van der Waals surface area contributed by atoms with Gasteiger partial charge >= 0.3 is 11.9 Å². The number of hydrogen-bond donors (Lipinski definition) is 4. The summed E-state index contributed by atoms with van der Waals surface area (Å²) in [5.41, 5.74) is -1.42. The molecule has 15 heteroatoms. The number of rotatable bonds is 12. The van der Waals surface area contributed by atoms with Crippen LogP contribution in [-0.2, 0) is 39.8 Å². The van der Waals surface area contributed by atoms with Gasteiger partial charge < -0.3 is 54.0 Å². The van der Waals surface area contributed by atoms with Gasteiger partial charge in [0.15, 0.2) is 29.0 Å². The molecule has 6 atom stereocenters. The molecule has 4 N–H and O–H groups in total. The first-order valence-electron chi connectivity index (χ1n) is 16.2. The fraction of sp³-hybridized carbons (Fsp3) is 0.821. The maximum Gasteiger partial charge on any atom is 0.339 e. The molecule has 0 amide bonds. The summed E-state index contributed by atoms with van der Waals surface area (Å²) in [5, 5.41) is 48.4. The van der Waals surface area contributed by atoms with E-state index >= 15 is 0 Å². The molecule has 0 saturated carbocycles. The van der Waals surface area contributed by atoms with E-state index in [-0.39, 0.29) is 264 Å². The van der Waals surface area contributed by atoms with Crippen molar-refractivity contribution in [3.63, 3.8) is 0 Å². The lowest BCUT2D eigenvalue weighted by Crippen LogP contribution is -2.49. The second kappa shape index (κ2) is 81.5. The number of carboxylic acid groups (broad SMARTS) is 1. The van der Waals surface area contributed by atoms with Gasteiger partial charge in [-0.3, -0.25) is 14.5 Å². The molecule has 3 aliphatic heterocycles. The summed E-state index contributed by atoms with van der Waals surface area (Å²) < 4.78 is 28.1. The van der Waals surface area contributed by atoms with Crippen molar-refractivity contribution in [2.24, 2.45) is 0 Å². The zero-order valence-corrected chi connectivity index (χ0v) is 28.4. The standard InChI is InChI=1S/C29H39NO9.C5H8O5.33CH4/c1-27(2,33)8-5-10-29(34,16-23(31)36-4)26(32)39-25-22(35-3)15-28-9-6-11-30(28)12-7-18-13-20-21(38-17-37-20)14-19(18)24(25)28;1-2(6)3(7)4(8)5(9)10;;;;;;;;;;;;;;;;;;;;;;;;;;;;;;;;;/h13-15,24-25,33-34H,5-12,16-17H2,1-4H3;3-4,7-8H,1H3,(H,9,10);33*1H4/p-1/t24-,25-,28+,29+;3-,4+;;;;;;;;;;;;;;;;;;;;;;;;;;;;;;;;;/m11................................./s1. The van der Waals surface area contributed by atoms with Crippen molar-refractivity contribution >= 4 is 23.7 Å². The highest BCUT2D eigenvalue weighted by atomic mass is 16.7. The van der Waals surface area contributed by atoms with Crippen molar-refractivity contribution in [3.05, 3.63) is 35.1 Å². The molecule has 82 heavy (non-hydrogen) atoms. The van der Waals surface area contributed by atoms with Gasteiger partial charge in [0.2, 0.25) is 6.79 Å². The van der Waals surface area contributed by atoms with Crippen LogP contribution in [0.5, 0.6) is 11.5 Å². The van der Waals surface area contributed by atoms with Crippen molar-refractivity contribution in [2.45, 2.75) is 352 Å². The number of carbonyl (C=O) groups is 4. The first kappa shape index (κ1) is 201. The number of methoxy groups -OCH3 is 2. The lowest BCUT2D eigenvalue weighted by molar-refractivity contribution is -0.317. The van der Waals surface area contributed by atoms with Crippen molar-refractivity contribution < 1.29 is 68.4 Å². The first-order valence-corrected chi connectivity index (χ1v) is 16.2. The highest BCUT2D eigenvalue weighted by Gasteiger charge is 2.59. The predicted molar refractivity (Wildman–Crippen MR) is 389 cm³/mol. The van der Waals surface area contributed by atoms with Gasteiger partial charge in [-0.05, 0) is 95.2 Å². The smallest absolute Gasteiger partial charge is 0.339 e. The second-order valence-electron chi connectivity index (χ2n) is 13.6. The third-order valence-corrected chi connectivity index (χ3v) is 9.58. The zero-order chi connectivity index (χ0) is 36.3. The number of aliphatic hydroxyl groups is 4.